The van der Waals surface area contributed by atoms with Gasteiger partial charge in [0.2, 0.25) is 5.91 Å². The summed E-state index contributed by atoms with van der Waals surface area (Å²) < 4.78 is 10.9. The van der Waals surface area contributed by atoms with Crippen LogP contribution in [0.1, 0.15) is 31.1 Å². The van der Waals surface area contributed by atoms with Crippen molar-refractivity contribution in [2.45, 2.75) is 20.8 Å². The van der Waals surface area contributed by atoms with Gasteiger partial charge in [0.1, 0.15) is 12.4 Å². The van der Waals surface area contributed by atoms with E-state index in [0.717, 1.165) is 5.69 Å². The molecule has 2 aromatic rings. The van der Waals surface area contributed by atoms with Crippen molar-refractivity contribution in [1.82, 2.24) is 4.90 Å². The maximum Gasteiger partial charge on any atom is 0.253 e. The maximum atomic E-state index is 12.3. The number of nitrogens with zero attached hydrogens (tertiary/aromatic N) is 1. The first-order valence-electron chi connectivity index (χ1n) is 10.3. The lowest BCUT2D eigenvalue weighted by Gasteiger charge is -2.18. The number of carbonyl (C=O) groups is 2. The molecule has 2 amide bonds. The van der Waals surface area contributed by atoms with E-state index in [0.29, 0.717) is 49.9 Å². The Balaban J connectivity index is 1.82. The highest BCUT2D eigenvalue weighted by molar-refractivity contribution is 5.96. The van der Waals surface area contributed by atoms with Crippen LogP contribution in [0.25, 0.3) is 0 Å². The minimum atomic E-state index is -0.180. The lowest BCUT2D eigenvalue weighted by Crippen LogP contribution is -2.30. The average Bonchev–Trinajstić information content (AvgIpc) is 2.77. The van der Waals surface area contributed by atoms with Crippen LogP contribution in [0.15, 0.2) is 48.5 Å². The first kappa shape index (κ1) is 23.2. The minimum Gasteiger partial charge on any atom is -0.491 e. The van der Waals surface area contributed by atoms with Crippen molar-refractivity contribution in [2.24, 2.45) is 0 Å². The Labute approximate surface area is 178 Å². The molecule has 0 bridgehead atoms. The van der Waals surface area contributed by atoms with Crippen LogP contribution in [0.3, 0.4) is 0 Å². The maximum absolute atomic E-state index is 12.3. The zero-order valence-corrected chi connectivity index (χ0v) is 17.9. The van der Waals surface area contributed by atoms with Gasteiger partial charge in [-0.05, 0) is 57.2 Å². The number of ether oxygens (including phenoxy) is 2. The Bertz CT molecular complexity index is 804. The SMILES string of the molecule is CCOCCOc1cccc(NCC(=O)Nc2ccc(C(=O)N(CC)CC)cc2)c1. The second-order valence-electron chi connectivity index (χ2n) is 6.53. The molecule has 0 atom stereocenters. The summed E-state index contributed by atoms with van der Waals surface area (Å²) in [5.41, 5.74) is 2.04. The van der Waals surface area contributed by atoms with Gasteiger partial charge in [-0.3, -0.25) is 9.59 Å². The molecular formula is C23H31N3O4. The second kappa shape index (κ2) is 12.5. The molecule has 30 heavy (non-hydrogen) atoms. The highest BCUT2D eigenvalue weighted by Gasteiger charge is 2.12. The van der Waals surface area contributed by atoms with Gasteiger partial charge < -0.3 is 25.0 Å². The van der Waals surface area contributed by atoms with Crippen LogP contribution in [0, 0.1) is 0 Å². The fourth-order valence-electron chi connectivity index (χ4n) is 2.84. The number of nitrogens with one attached hydrogen (secondary N) is 2. The Kier molecular flexibility index (Phi) is 9.67. The molecular weight excluding hydrogens is 382 g/mol. The van der Waals surface area contributed by atoms with E-state index in [1.807, 2.05) is 45.0 Å². The molecule has 0 saturated heterocycles. The topological polar surface area (TPSA) is 79.9 Å². The van der Waals surface area contributed by atoms with Gasteiger partial charge in [0.25, 0.3) is 5.91 Å². The highest BCUT2D eigenvalue weighted by atomic mass is 16.5. The Morgan fingerprint density at radius 2 is 1.67 bits per heavy atom. The minimum absolute atomic E-state index is 0.0112. The summed E-state index contributed by atoms with van der Waals surface area (Å²) >= 11 is 0. The molecule has 0 aliphatic rings. The third kappa shape index (κ3) is 7.40. The van der Waals surface area contributed by atoms with Crippen LogP contribution < -0.4 is 15.4 Å². The number of anilines is 2. The van der Waals surface area contributed by atoms with Crippen LogP contribution in [0.2, 0.25) is 0 Å². The molecule has 0 spiro atoms. The summed E-state index contributed by atoms with van der Waals surface area (Å²) in [5, 5.41) is 5.91. The molecule has 0 aliphatic carbocycles. The van der Waals surface area contributed by atoms with E-state index < -0.39 is 0 Å². The molecule has 0 aromatic heterocycles. The molecule has 7 heteroatoms. The zero-order valence-electron chi connectivity index (χ0n) is 17.9. The Hall–Kier alpha value is -3.06. The summed E-state index contributed by atoms with van der Waals surface area (Å²) in [6, 6.07) is 14.4. The highest BCUT2D eigenvalue weighted by Crippen LogP contribution is 2.17. The van der Waals surface area contributed by atoms with E-state index in [1.165, 1.54) is 0 Å². The van der Waals surface area contributed by atoms with E-state index in [-0.39, 0.29) is 18.4 Å². The summed E-state index contributed by atoms with van der Waals surface area (Å²) in [7, 11) is 0. The lowest BCUT2D eigenvalue weighted by atomic mass is 10.1. The van der Waals surface area contributed by atoms with Crippen molar-refractivity contribution in [2.75, 3.05) is 50.1 Å². The molecule has 0 fully saturated rings. The molecule has 0 saturated carbocycles. The zero-order chi connectivity index (χ0) is 21.8. The standard InChI is InChI=1S/C23H31N3O4/c1-4-26(5-2)23(28)18-10-12-19(13-11-18)25-22(27)17-24-20-8-7-9-21(16-20)30-15-14-29-6-3/h7-13,16,24H,4-6,14-15,17H2,1-3H3,(H,25,27). The van der Waals surface area contributed by atoms with Crippen molar-refractivity contribution in [1.29, 1.82) is 0 Å². The van der Waals surface area contributed by atoms with Crippen LogP contribution in [-0.4, -0.2) is 56.2 Å². The summed E-state index contributed by atoms with van der Waals surface area (Å²) in [5.74, 6) is 0.525. The predicted molar refractivity (Wildman–Crippen MR) is 119 cm³/mol. The fourth-order valence-corrected chi connectivity index (χ4v) is 2.84. The van der Waals surface area contributed by atoms with E-state index in [1.54, 1.807) is 29.2 Å². The van der Waals surface area contributed by atoms with Crippen LogP contribution in [-0.2, 0) is 9.53 Å². The Morgan fingerprint density at radius 3 is 2.33 bits per heavy atom. The molecule has 2 N–H and O–H groups in total. The molecule has 0 aliphatic heterocycles. The normalized spacial score (nSPS) is 10.4. The van der Waals surface area contributed by atoms with Gasteiger partial charge in [-0.25, -0.2) is 0 Å². The van der Waals surface area contributed by atoms with Gasteiger partial charge in [-0.1, -0.05) is 6.07 Å². The summed E-state index contributed by atoms with van der Waals surface area (Å²) in [6.07, 6.45) is 0. The van der Waals surface area contributed by atoms with Crippen molar-refractivity contribution in [3.63, 3.8) is 0 Å². The number of hydrogen-bond acceptors (Lipinski definition) is 5. The van der Waals surface area contributed by atoms with Crippen LogP contribution in [0.4, 0.5) is 11.4 Å². The number of benzene rings is 2. The van der Waals surface area contributed by atoms with E-state index in [4.69, 9.17) is 9.47 Å². The first-order chi connectivity index (χ1) is 14.6. The Morgan fingerprint density at radius 1 is 0.933 bits per heavy atom. The number of hydrogen-bond donors (Lipinski definition) is 2. The number of rotatable bonds is 12. The third-order valence-electron chi connectivity index (χ3n) is 4.45. The molecule has 0 unspecified atom stereocenters. The van der Waals surface area contributed by atoms with E-state index in [2.05, 4.69) is 10.6 Å². The van der Waals surface area contributed by atoms with E-state index >= 15 is 0 Å². The monoisotopic (exact) mass is 413 g/mol. The number of amides is 2. The van der Waals surface area contributed by atoms with Gasteiger partial charge in [0, 0.05) is 42.7 Å². The predicted octanol–water partition coefficient (Wildman–Crippen LogP) is 3.63. The van der Waals surface area contributed by atoms with Crippen LogP contribution in [0.5, 0.6) is 5.75 Å². The number of carbonyl (C=O) groups excluding carboxylic acids is 2. The smallest absolute Gasteiger partial charge is 0.253 e. The average molecular weight is 414 g/mol. The quantitative estimate of drug-likeness (QED) is 0.520. The van der Waals surface area contributed by atoms with Crippen LogP contribution >= 0.6 is 0 Å². The largest absolute Gasteiger partial charge is 0.491 e. The molecule has 7 nitrogen and oxygen atoms in total. The first-order valence-corrected chi connectivity index (χ1v) is 10.3. The molecule has 162 valence electrons. The summed E-state index contributed by atoms with van der Waals surface area (Å²) in [4.78, 5) is 26.3. The molecule has 0 radical (unpaired) electrons. The van der Waals surface area contributed by atoms with Crippen molar-refractivity contribution in [3.05, 3.63) is 54.1 Å². The van der Waals surface area contributed by atoms with Gasteiger partial charge in [-0.2, -0.15) is 0 Å². The van der Waals surface area contributed by atoms with Gasteiger partial charge in [0.15, 0.2) is 0 Å². The molecule has 2 rings (SSSR count). The second-order valence-corrected chi connectivity index (χ2v) is 6.53. The van der Waals surface area contributed by atoms with Gasteiger partial charge in [0.05, 0.1) is 13.2 Å². The van der Waals surface area contributed by atoms with Gasteiger partial charge >= 0.3 is 0 Å². The van der Waals surface area contributed by atoms with Crippen molar-refractivity contribution in [3.8, 4) is 5.75 Å². The van der Waals surface area contributed by atoms with Crippen molar-refractivity contribution >= 4 is 23.2 Å². The molecule has 2 aromatic carbocycles. The summed E-state index contributed by atoms with van der Waals surface area (Å²) in [6.45, 7) is 8.96. The van der Waals surface area contributed by atoms with Gasteiger partial charge in [-0.15, -0.1) is 0 Å². The van der Waals surface area contributed by atoms with Crippen molar-refractivity contribution < 1.29 is 19.1 Å². The van der Waals surface area contributed by atoms with E-state index in [9.17, 15) is 9.59 Å². The lowest BCUT2D eigenvalue weighted by molar-refractivity contribution is -0.114. The fraction of sp³-hybridized carbons (Fsp3) is 0.391. The third-order valence-corrected chi connectivity index (χ3v) is 4.45. The molecule has 0 heterocycles.